The van der Waals surface area contributed by atoms with E-state index in [9.17, 15) is 4.79 Å². The highest BCUT2D eigenvalue weighted by Crippen LogP contribution is 2.23. The van der Waals surface area contributed by atoms with E-state index in [2.05, 4.69) is 15.6 Å². The molecule has 1 fully saturated rings. The van der Waals surface area contributed by atoms with Crippen LogP contribution in [0.3, 0.4) is 0 Å². The predicted molar refractivity (Wildman–Crippen MR) is 89.8 cm³/mol. The molecule has 1 aromatic heterocycles. The van der Waals surface area contributed by atoms with E-state index in [1.54, 1.807) is 13.3 Å². The second-order valence-corrected chi connectivity index (χ2v) is 5.47. The topological polar surface area (TPSA) is 68.2 Å². The van der Waals surface area contributed by atoms with Gasteiger partial charge in [-0.3, -0.25) is 4.79 Å². The molecule has 1 amide bonds. The van der Waals surface area contributed by atoms with Crippen LogP contribution in [0.15, 0.2) is 36.7 Å². The van der Waals surface area contributed by atoms with Crippen molar-refractivity contribution < 1.29 is 9.53 Å². The fraction of sp³-hybridized carbons (Fsp3) is 0.375. The summed E-state index contributed by atoms with van der Waals surface area (Å²) in [5.41, 5.74) is 0.982. The van der Waals surface area contributed by atoms with Crippen molar-refractivity contribution in [3.8, 4) is 5.75 Å². The van der Waals surface area contributed by atoms with Gasteiger partial charge in [-0.05, 0) is 17.7 Å². The average Bonchev–Trinajstić information content (AvgIpc) is 2.89. The first-order valence-corrected chi connectivity index (χ1v) is 7.31. The van der Waals surface area contributed by atoms with Gasteiger partial charge in [-0.2, -0.15) is 0 Å². The number of carbonyl (C=O) groups excluding carboxylic acids is 1. The Balaban J connectivity index is 0.00000192. The summed E-state index contributed by atoms with van der Waals surface area (Å²) in [4.78, 5) is 16.7. The first-order chi connectivity index (χ1) is 10.7. The number of aryl methyl sites for hydroxylation is 1. The fourth-order valence-electron chi connectivity index (χ4n) is 2.48. The highest BCUT2D eigenvalue weighted by molar-refractivity contribution is 5.85. The van der Waals surface area contributed by atoms with Crippen molar-refractivity contribution in [3.05, 3.63) is 48.0 Å². The number of imidazole rings is 1. The maximum Gasteiger partial charge on any atom is 0.226 e. The molecular formula is C16H21ClN4O2. The average molecular weight is 337 g/mol. The zero-order chi connectivity index (χ0) is 15.5. The summed E-state index contributed by atoms with van der Waals surface area (Å²) in [5, 5.41) is 6.23. The molecule has 0 saturated carbocycles. The highest BCUT2D eigenvalue weighted by atomic mass is 35.5. The van der Waals surface area contributed by atoms with Gasteiger partial charge in [-0.25, -0.2) is 4.98 Å². The lowest BCUT2D eigenvalue weighted by Crippen LogP contribution is -2.51. The maximum atomic E-state index is 12.3. The first-order valence-electron chi connectivity index (χ1n) is 7.31. The Kier molecular flexibility index (Phi) is 5.63. The zero-order valence-electron chi connectivity index (χ0n) is 13.2. The molecule has 7 heteroatoms. The van der Waals surface area contributed by atoms with E-state index in [0.29, 0.717) is 0 Å². The van der Waals surface area contributed by atoms with Crippen molar-refractivity contribution in [2.45, 2.75) is 6.04 Å². The smallest absolute Gasteiger partial charge is 0.226 e. The van der Waals surface area contributed by atoms with E-state index < -0.39 is 0 Å². The quantitative estimate of drug-likeness (QED) is 0.863. The molecule has 1 aliphatic heterocycles. The molecule has 1 unspecified atom stereocenters. The lowest BCUT2D eigenvalue weighted by atomic mass is 10.00. The molecule has 0 spiro atoms. The molecular weight excluding hydrogens is 316 g/mol. The van der Waals surface area contributed by atoms with Crippen molar-refractivity contribution in [2.75, 3.05) is 20.2 Å². The summed E-state index contributed by atoms with van der Waals surface area (Å²) in [6.07, 6.45) is 3.62. The number of ether oxygens (including phenoxy) is 1. The molecule has 1 saturated heterocycles. The molecule has 1 atom stereocenters. The van der Waals surface area contributed by atoms with Gasteiger partial charge in [0.05, 0.1) is 13.0 Å². The number of nitrogens with zero attached hydrogens (tertiary/aromatic N) is 2. The molecule has 1 aromatic carbocycles. The number of carbonyl (C=O) groups is 1. The summed E-state index contributed by atoms with van der Waals surface area (Å²) in [6.45, 7) is 1.48. The Hall–Kier alpha value is -2.05. The Morgan fingerprint density at radius 3 is 2.57 bits per heavy atom. The minimum Gasteiger partial charge on any atom is -0.497 e. The number of aromatic nitrogens is 2. The number of hydrogen-bond acceptors (Lipinski definition) is 4. The summed E-state index contributed by atoms with van der Waals surface area (Å²) in [6, 6.07) is 7.43. The van der Waals surface area contributed by atoms with Crippen LogP contribution in [0.1, 0.15) is 17.4 Å². The number of halogens is 1. The Morgan fingerprint density at radius 1 is 1.39 bits per heavy atom. The molecule has 6 nitrogen and oxygen atoms in total. The third-order valence-corrected chi connectivity index (χ3v) is 4.00. The minimum absolute atomic E-state index is 0. The maximum absolute atomic E-state index is 12.3. The first kappa shape index (κ1) is 17.3. The van der Waals surface area contributed by atoms with E-state index in [0.717, 1.165) is 30.2 Å². The van der Waals surface area contributed by atoms with Crippen molar-refractivity contribution in [3.63, 3.8) is 0 Å². The van der Waals surface area contributed by atoms with Gasteiger partial charge < -0.3 is 19.9 Å². The Morgan fingerprint density at radius 2 is 2.09 bits per heavy atom. The van der Waals surface area contributed by atoms with Crippen LogP contribution in [0.25, 0.3) is 0 Å². The SMILES string of the molecule is COc1ccc(C(NC(=O)C2CNC2)c2nccn2C)cc1.Cl. The van der Waals surface area contributed by atoms with Crippen molar-refractivity contribution in [1.82, 2.24) is 20.2 Å². The van der Waals surface area contributed by atoms with Gasteiger partial charge >= 0.3 is 0 Å². The standard InChI is InChI=1S/C16H20N4O2.ClH/c1-20-8-7-18-15(20)14(19-16(21)12-9-17-10-12)11-3-5-13(22-2)6-4-11;/h3-8,12,14,17H,9-10H2,1-2H3,(H,19,21);1H. The minimum atomic E-state index is -0.265. The number of amides is 1. The van der Waals surface area contributed by atoms with Gasteiger partial charge in [-0.15, -0.1) is 12.4 Å². The molecule has 124 valence electrons. The monoisotopic (exact) mass is 336 g/mol. The fourth-order valence-corrected chi connectivity index (χ4v) is 2.48. The third kappa shape index (κ3) is 3.65. The molecule has 2 N–H and O–H groups in total. The van der Waals surface area contributed by atoms with Crippen LogP contribution in [0, 0.1) is 5.92 Å². The Labute approximate surface area is 141 Å². The molecule has 1 aliphatic rings. The second kappa shape index (κ2) is 7.48. The molecule has 3 rings (SSSR count). The van der Waals surface area contributed by atoms with Gasteiger partial charge in [0, 0.05) is 32.5 Å². The lowest BCUT2D eigenvalue weighted by molar-refractivity contribution is -0.127. The number of rotatable bonds is 5. The summed E-state index contributed by atoms with van der Waals surface area (Å²) in [5.74, 6) is 1.70. The van der Waals surface area contributed by atoms with Gasteiger partial charge in [-0.1, -0.05) is 12.1 Å². The van der Waals surface area contributed by atoms with Crippen LogP contribution in [0.4, 0.5) is 0 Å². The summed E-state index contributed by atoms with van der Waals surface area (Å²) < 4.78 is 7.12. The number of methoxy groups -OCH3 is 1. The van der Waals surface area contributed by atoms with Gasteiger partial charge in [0.2, 0.25) is 5.91 Å². The predicted octanol–water partition coefficient (Wildman–Crippen LogP) is 1.28. The van der Waals surface area contributed by atoms with Crippen LogP contribution in [0.2, 0.25) is 0 Å². The second-order valence-electron chi connectivity index (χ2n) is 5.47. The molecule has 23 heavy (non-hydrogen) atoms. The number of benzene rings is 1. The highest BCUT2D eigenvalue weighted by Gasteiger charge is 2.29. The lowest BCUT2D eigenvalue weighted by Gasteiger charge is -2.28. The third-order valence-electron chi connectivity index (χ3n) is 4.00. The van der Waals surface area contributed by atoms with Crippen LogP contribution in [-0.4, -0.2) is 35.7 Å². The molecule has 0 bridgehead atoms. The molecule has 2 heterocycles. The van der Waals surface area contributed by atoms with E-state index in [1.807, 2.05) is 42.1 Å². The van der Waals surface area contributed by atoms with Gasteiger partial charge in [0.1, 0.15) is 17.6 Å². The van der Waals surface area contributed by atoms with E-state index in [4.69, 9.17) is 4.74 Å². The van der Waals surface area contributed by atoms with Crippen LogP contribution >= 0.6 is 12.4 Å². The molecule has 0 radical (unpaired) electrons. The van der Waals surface area contributed by atoms with Crippen LogP contribution in [0.5, 0.6) is 5.75 Å². The summed E-state index contributed by atoms with van der Waals surface area (Å²) in [7, 11) is 3.56. The van der Waals surface area contributed by atoms with Crippen LogP contribution in [-0.2, 0) is 11.8 Å². The van der Waals surface area contributed by atoms with Crippen molar-refractivity contribution in [2.24, 2.45) is 13.0 Å². The largest absolute Gasteiger partial charge is 0.497 e. The van der Waals surface area contributed by atoms with Crippen LogP contribution < -0.4 is 15.4 Å². The van der Waals surface area contributed by atoms with Crippen molar-refractivity contribution >= 4 is 18.3 Å². The normalized spacial score (nSPS) is 15.2. The summed E-state index contributed by atoms with van der Waals surface area (Å²) >= 11 is 0. The zero-order valence-corrected chi connectivity index (χ0v) is 14.0. The molecule has 2 aromatic rings. The molecule has 0 aliphatic carbocycles. The number of hydrogen-bond donors (Lipinski definition) is 2. The van der Waals surface area contributed by atoms with Crippen molar-refractivity contribution in [1.29, 1.82) is 0 Å². The van der Waals surface area contributed by atoms with E-state index in [1.165, 1.54) is 0 Å². The Bertz CT molecular complexity index is 652. The van der Waals surface area contributed by atoms with Gasteiger partial charge in [0.15, 0.2) is 0 Å². The van der Waals surface area contributed by atoms with E-state index in [-0.39, 0.29) is 30.3 Å². The van der Waals surface area contributed by atoms with E-state index >= 15 is 0 Å². The number of nitrogens with one attached hydrogen (secondary N) is 2. The van der Waals surface area contributed by atoms with Gasteiger partial charge in [0.25, 0.3) is 0 Å².